The molecular weight excluding hydrogens is 593 g/mol. The third kappa shape index (κ3) is 5.94. The van der Waals surface area contributed by atoms with Crippen LogP contribution in [0.4, 0.5) is 0 Å². The predicted octanol–water partition coefficient (Wildman–Crippen LogP) is 5.58. The van der Waals surface area contributed by atoms with Crippen LogP contribution in [-0.2, 0) is 14.3 Å². The highest BCUT2D eigenvalue weighted by Gasteiger charge is 2.54. The minimum absolute atomic E-state index is 0.188. The van der Waals surface area contributed by atoms with Gasteiger partial charge in [-0.25, -0.2) is 0 Å². The maximum absolute atomic E-state index is 13.6. The zero-order valence-electron chi connectivity index (χ0n) is 21.6. The molecule has 6 rings (SSSR count). The number of amides is 2. The number of benzene rings is 3. The molecule has 0 aliphatic carbocycles. The molecule has 0 radical (unpaired) electrons. The molecule has 4 aromatic rings. The van der Waals surface area contributed by atoms with Crippen LogP contribution in [0.3, 0.4) is 0 Å². The fraction of sp³-hybridized carbons (Fsp3) is 0.167. The first-order valence-electron chi connectivity index (χ1n) is 12.8. The first-order valence-corrected chi connectivity index (χ1v) is 16.1. The third-order valence-corrected chi connectivity index (χ3v) is 9.99. The summed E-state index contributed by atoms with van der Waals surface area (Å²) in [5.74, 6) is 0.395. The van der Waals surface area contributed by atoms with E-state index in [1.54, 1.807) is 22.9 Å². The normalized spacial score (nSPS) is 18.1. The second-order valence-corrected chi connectivity index (χ2v) is 12.6. The molecule has 1 N–H and O–H groups in total. The van der Waals surface area contributed by atoms with Gasteiger partial charge in [-0.1, -0.05) is 83.4 Å². The molecule has 1 fully saturated rings. The van der Waals surface area contributed by atoms with Gasteiger partial charge in [0.2, 0.25) is 11.0 Å². The zero-order chi connectivity index (χ0) is 28.2. The average molecular weight is 617 g/mol. The number of aromatic nitrogens is 2. The van der Waals surface area contributed by atoms with Crippen molar-refractivity contribution in [2.75, 3.05) is 11.5 Å². The lowest BCUT2D eigenvalue weighted by atomic mass is 10.0. The van der Waals surface area contributed by atoms with Crippen LogP contribution in [-0.4, -0.2) is 54.3 Å². The lowest BCUT2D eigenvalue weighted by Gasteiger charge is -2.50. The van der Waals surface area contributed by atoms with Gasteiger partial charge in [0.1, 0.15) is 23.2 Å². The number of hydrogen-bond donors (Lipinski definition) is 1. The first-order chi connectivity index (χ1) is 20.1. The van der Waals surface area contributed by atoms with Gasteiger partial charge in [-0.15, -0.1) is 28.6 Å². The number of β-lactam (4-membered cyclic amide) rings is 1. The van der Waals surface area contributed by atoms with Gasteiger partial charge < -0.3 is 10.1 Å². The third-order valence-electron chi connectivity index (χ3n) is 6.68. The lowest BCUT2D eigenvalue weighted by Crippen LogP contribution is -2.70. The Hall–Kier alpha value is -3.51. The van der Waals surface area contributed by atoms with Crippen molar-refractivity contribution >= 4 is 69.7 Å². The molecule has 0 unspecified atom stereocenters. The van der Waals surface area contributed by atoms with Crippen molar-refractivity contribution in [3.05, 3.63) is 119 Å². The monoisotopic (exact) mass is 616 g/mol. The van der Waals surface area contributed by atoms with Gasteiger partial charge in [0, 0.05) is 16.2 Å². The van der Waals surface area contributed by atoms with Crippen molar-refractivity contribution in [3.8, 4) is 0 Å². The molecule has 11 heteroatoms. The van der Waals surface area contributed by atoms with E-state index in [1.165, 1.54) is 23.3 Å². The summed E-state index contributed by atoms with van der Waals surface area (Å²) in [4.78, 5) is 29.8. The Morgan fingerprint density at radius 1 is 1.02 bits per heavy atom. The van der Waals surface area contributed by atoms with Crippen LogP contribution in [0.1, 0.15) is 22.1 Å². The van der Waals surface area contributed by atoms with Gasteiger partial charge in [0.15, 0.2) is 0 Å². The summed E-state index contributed by atoms with van der Waals surface area (Å²) in [7, 11) is 0. The number of hydrogen-bond acceptors (Lipinski definition) is 9. The second kappa shape index (κ2) is 12.6. The van der Waals surface area contributed by atoms with Gasteiger partial charge in [-0.05, 0) is 47.0 Å². The predicted molar refractivity (Wildman–Crippen MR) is 167 cm³/mol. The smallest absolute Gasteiger partial charge is 0.253 e. The van der Waals surface area contributed by atoms with Crippen LogP contribution in [0.25, 0.3) is 5.57 Å². The second-order valence-electron chi connectivity index (χ2n) is 9.27. The summed E-state index contributed by atoms with van der Waals surface area (Å²) in [6.45, 7) is 0. The van der Waals surface area contributed by atoms with Crippen LogP contribution in [0.5, 0.6) is 0 Å². The van der Waals surface area contributed by atoms with Gasteiger partial charge >= 0.3 is 0 Å². The molecule has 3 aromatic carbocycles. The number of thiocarbonyl (C=S) groups is 1. The maximum Gasteiger partial charge on any atom is 0.253 e. The fourth-order valence-corrected chi connectivity index (χ4v) is 7.79. The standard InChI is InChI=1S/C30H24N4O3S4/c35-24(18-39-21-14-8-3-9-15-21)32-25-28(36)34-26(22(17-40-29(25)34)23-16-31-33-41-23)30(38)37-27(19-10-4-1-5-11-19)20-12-6-2-7-13-20/h1-16,25,27,29H,17-18H2,(H,32,35)/t25-,29-/m1/s1. The molecule has 0 bridgehead atoms. The SMILES string of the molecule is O=C(CSc1ccccc1)N[C@@H]1C(=O)N2C(C(=S)OC(c3ccccc3)c3ccccc3)=C(c3cnns3)CS[C@H]12. The molecule has 206 valence electrons. The number of carbonyl (C=O) groups is 2. The molecule has 2 atom stereocenters. The number of ether oxygens (including phenoxy) is 1. The Morgan fingerprint density at radius 2 is 1.66 bits per heavy atom. The summed E-state index contributed by atoms with van der Waals surface area (Å²) in [6.07, 6.45) is 1.22. The fourth-order valence-electron chi connectivity index (χ4n) is 4.73. The molecule has 7 nitrogen and oxygen atoms in total. The van der Waals surface area contributed by atoms with Crippen LogP contribution < -0.4 is 5.32 Å². The number of rotatable bonds is 9. The molecule has 1 aromatic heterocycles. The van der Waals surface area contributed by atoms with Crippen molar-refractivity contribution in [1.82, 2.24) is 19.8 Å². The molecule has 41 heavy (non-hydrogen) atoms. The molecule has 0 spiro atoms. The largest absolute Gasteiger partial charge is 0.469 e. The Morgan fingerprint density at radius 3 is 2.27 bits per heavy atom. The minimum Gasteiger partial charge on any atom is -0.469 e. The maximum atomic E-state index is 13.6. The van der Waals surface area contributed by atoms with E-state index in [-0.39, 0.29) is 28.0 Å². The van der Waals surface area contributed by atoms with E-state index in [0.29, 0.717) is 11.4 Å². The number of fused-ring (bicyclic) bond motifs is 1. The van der Waals surface area contributed by atoms with Gasteiger partial charge in [0.05, 0.1) is 16.8 Å². The number of nitrogens with one attached hydrogen (secondary N) is 1. The van der Waals surface area contributed by atoms with Crippen molar-refractivity contribution in [2.45, 2.75) is 22.4 Å². The highest BCUT2D eigenvalue weighted by molar-refractivity contribution is 8.00. The van der Waals surface area contributed by atoms with E-state index in [1.807, 2.05) is 91.0 Å². The van der Waals surface area contributed by atoms with E-state index in [0.717, 1.165) is 26.5 Å². The number of thioether (sulfide) groups is 2. The van der Waals surface area contributed by atoms with Crippen molar-refractivity contribution in [2.24, 2.45) is 0 Å². The average Bonchev–Trinajstić information content (AvgIpc) is 3.57. The van der Waals surface area contributed by atoms with Gasteiger partial charge in [-0.3, -0.25) is 14.5 Å². The van der Waals surface area contributed by atoms with E-state index >= 15 is 0 Å². The molecule has 1 saturated heterocycles. The quantitative estimate of drug-likeness (QED) is 0.148. The molecular formula is C30H24N4O3S4. The minimum atomic E-state index is -0.637. The lowest BCUT2D eigenvalue weighted by molar-refractivity contribution is -0.145. The van der Waals surface area contributed by atoms with Crippen LogP contribution in [0.2, 0.25) is 0 Å². The van der Waals surface area contributed by atoms with Crippen molar-refractivity contribution in [1.29, 1.82) is 0 Å². The highest BCUT2D eigenvalue weighted by atomic mass is 32.2. The van der Waals surface area contributed by atoms with Crippen molar-refractivity contribution in [3.63, 3.8) is 0 Å². The van der Waals surface area contributed by atoms with Crippen LogP contribution >= 0.6 is 47.3 Å². The Kier molecular flexibility index (Phi) is 8.47. The summed E-state index contributed by atoms with van der Waals surface area (Å²) in [5.41, 5.74) is 3.28. The number of carbonyl (C=O) groups excluding carboxylic acids is 2. The van der Waals surface area contributed by atoms with E-state index in [4.69, 9.17) is 17.0 Å². The first kappa shape index (κ1) is 27.6. The Bertz CT molecular complexity index is 1530. The highest BCUT2D eigenvalue weighted by Crippen LogP contribution is 2.45. The van der Waals surface area contributed by atoms with E-state index < -0.39 is 12.1 Å². The molecule has 0 saturated carbocycles. The van der Waals surface area contributed by atoms with Gasteiger partial charge in [0.25, 0.3) is 5.91 Å². The number of nitrogens with zero attached hydrogens (tertiary/aromatic N) is 3. The van der Waals surface area contributed by atoms with Crippen molar-refractivity contribution < 1.29 is 14.3 Å². The van der Waals surface area contributed by atoms with Crippen LogP contribution in [0, 0.1) is 0 Å². The molecule has 3 heterocycles. The molecule has 2 amide bonds. The Labute approximate surface area is 255 Å². The summed E-state index contributed by atoms with van der Waals surface area (Å²) in [5, 5.41) is 6.87. The Balaban J connectivity index is 1.25. The summed E-state index contributed by atoms with van der Waals surface area (Å²) < 4.78 is 10.6. The summed E-state index contributed by atoms with van der Waals surface area (Å²) >= 11 is 10.2. The molecule has 2 aliphatic heterocycles. The topological polar surface area (TPSA) is 84.4 Å². The van der Waals surface area contributed by atoms with Gasteiger partial charge in [-0.2, -0.15) is 0 Å². The van der Waals surface area contributed by atoms with E-state index in [9.17, 15) is 9.59 Å². The zero-order valence-corrected chi connectivity index (χ0v) is 24.8. The van der Waals surface area contributed by atoms with E-state index in [2.05, 4.69) is 14.9 Å². The summed E-state index contributed by atoms with van der Waals surface area (Å²) in [6, 6.07) is 28.8. The van der Waals surface area contributed by atoms with Crippen LogP contribution in [0.15, 0.2) is 108 Å². The molecule has 2 aliphatic rings.